The van der Waals surface area contributed by atoms with E-state index in [0.29, 0.717) is 0 Å². The van der Waals surface area contributed by atoms with Crippen molar-refractivity contribution in [1.82, 2.24) is 9.88 Å². The number of hydrogen-bond acceptors (Lipinski definition) is 4. The second kappa shape index (κ2) is 5.95. The minimum absolute atomic E-state index is 0.103. The Morgan fingerprint density at radius 2 is 2.19 bits per heavy atom. The molecule has 0 radical (unpaired) electrons. The van der Waals surface area contributed by atoms with Crippen LogP contribution in [0.5, 0.6) is 0 Å². The van der Waals surface area contributed by atoms with E-state index in [1.54, 1.807) is 11.3 Å². The lowest BCUT2D eigenvalue weighted by atomic mass is 10.1. The maximum absolute atomic E-state index is 11.4. The van der Waals surface area contributed by atoms with Crippen molar-refractivity contribution in [2.45, 2.75) is 32.4 Å². The molecule has 1 unspecified atom stereocenters. The number of carbonyl (C=O) groups excluding carboxylic acids is 1. The van der Waals surface area contributed by atoms with Crippen molar-refractivity contribution in [2.75, 3.05) is 6.54 Å². The summed E-state index contributed by atoms with van der Waals surface area (Å²) >= 11 is 1.66. The predicted octanol–water partition coefficient (Wildman–Crippen LogP) is 2.57. The van der Waals surface area contributed by atoms with Crippen LogP contribution < -0.4 is 5.73 Å². The highest BCUT2D eigenvalue weighted by atomic mass is 32.1. The highest BCUT2D eigenvalue weighted by Gasteiger charge is 2.28. The van der Waals surface area contributed by atoms with Gasteiger partial charge in [0.1, 0.15) is 0 Å². The molecule has 1 aromatic heterocycles. The molecule has 0 aliphatic carbocycles. The van der Waals surface area contributed by atoms with Gasteiger partial charge < -0.3 is 5.73 Å². The van der Waals surface area contributed by atoms with Crippen molar-refractivity contribution in [3.63, 3.8) is 0 Å². The molecule has 2 heterocycles. The number of nitrogens with two attached hydrogens (primary N) is 1. The molecule has 0 saturated carbocycles. The summed E-state index contributed by atoms with van der Waals surface area (Å²) in [5.41, 5.74) is 10.8. The maximum Gasteiger partial charge on any atom is 0.234 e. The Morgan fingerprint density at radius 1 is 1.43 bits per heavy atom. The number of thiazole rings is 1. The quantitative estimate of drug-likeness (QED) is 0.944. The molecule has 110 valence electrons. The zero-order valence-corrected chi connectivity index (χ0v) is 12.9. The summed E-state index contributed by atoms with van der Waals surface area (Å²) in [5.74, 6) is -0.204. The minimum atomic E-state index is -0.204. The zero-order chi connectivity index (χ0) is 14.8. The molecule has 1 saturated heterocycles. The number of rotatable bonds is 4. The van der Waals surface area contributed by atoms with Gasteiger partial charge in [-0.1, -0.05) is 24.3 Å². The molecule has 1 atom stereocenters. The Kier molecular flexibility index (Phi) is 4.03. The summed E-state index contributed by atoms with van der Waals surface area (Å²) < 4.78 is 0. The molecule has 0 spiro atoms. The Balaban J connectivity index is 1.73. The first-order valence-corrected chi connectivity index (χ1v) is 8.06. The van der Waals surface area contributed by atoms with Gasteiger partial charge in [-0.3, -0.25) is 9.69 Å². The van der Waals surface area contributed by atoms with Crippen molar-refractivity contribution >= 4 is 17.2 Å². The van der Waals surface area contributed by atoms with Crippen LogP contribution in [0.15, 0.2) is 29.8 Å². The molecule has 1 aliphatic rings. The van der Waals surface area contributed by atoms with E-state index in [-0.39, 0.29) is 11.9 Å². The first-order chi connectivity index (χ1) is 10.1. The van der Waals surface area contributed by atoms with Gasteiger partial charge >= 0.3 is 0 Å². The number of primary amides is 1. The van der Waals surface area contributed by atoms with Crippen LogP contribution in [0.3, 0.4) is 0 Å². The van der Waals surface area contributed by atoms with Crippen LogP contribution in [0, 0.1) is 6.92 Å². The number of hydrogen-bond donors (Lipinski definition) is 1. The third kappa shape index (κ3) is 2.99. The third-order valence-electron chi connectivity index (χ3n) is 4.04. The first-order valence-electron chi connectivity index (χ1n) is 7.18. The number of carbonyl (C=O) groups is 1. The highest BCUT2D eigenvalue weighted by Crippen LogP contribution is 2.28. The van der Waals surface area contributed by atoms with Crippen LogP contribution in [0.4, 0.5) is 0 Å². The van der Waals surface area contributed by atoms with Gasteiger partial charge in [-0.2, -0.15) is 0 Å². The molecular weight excluding hydrogens is 282 g/mol. The molecular formula is C16H19N3OS. The average Bonchev–Trinajstić information content (AvgIpc) is 3.09. The number of amides is 1. The topological polar surface area (TPSA) is 59.2 Å². The summed E-state index contributed by atoms with van der Waals surface area (Å²) in [4.78, 5) is 19.1. The summed E-state index contributed by atoms with van der Waals surface area (Å²) in [6.45, 7) is 3.76. The Morgan fingerprint density at radius 3 is 2.81 bits per heavy atom. The van der Waals surface area contributed by atoms with Crippen molar-refractivity contribution in [3.8, 4) is 10.4 Å². The molecule has 4 nitrogen and oxygen atoms in total. The first kappa shape index (κ1) is 14.2. The summed E-state index contributed by atoms with van der Waals surface area (Å²) in [6.07, 6.45) is 1.93. The van der Waals surface area contributed by atoms with Crippen LogP contribution in [-0.2, 0) is 11.3 Å². The Hall–Kier alpha value is -1.72. The summed E-state index contributed by atoms with van der Waals surface area (Å²) in [7, 11) is 0. The number of benzene rings is 1. The molecule has 1 amide bonds. The highest BCUT2D eigenvalue weighted by molar-refractivity contribution is 7.13. The van der Waals surface area contributed by atoms with E-state index in [2.05, 4.69) is 34.1 Å². The van der Waals surface area contributed by atoms with E-state index < -0.39 is 0 Å². The van der Waals surface area contributed by atoms with Gasteiger partial charge in [0, 0.05) is 6.54 Å². The van der Waals surface area contributed by atoms with Crippen molar-refractivity contribution in [2.24, 2.45) is 5.73 Å². The smallest absolute Gasteiger partial charge is 0.234 e. The zero-order valence-electron chi connectivity index (χ0n) is 12.1. The molecule has 2 aromatic rings. The molecule has 1 fully saturated rings. The molecule has 1 aromatic carbocycles. The van der Waals surface area contributed by atoms with E-state index >= 15 is 0 Å². The van der Waals surface area contributed by atoms with Gasteiger partial charge in [-0.15, -0.1) is 11.3 Å². The van der Waals surface area contributed by atoms with Crippen LogP contribution in [-0.4, -0.2) is 28.4 Å². The third-order valence-corrected chi connectivity index (χ3v) is 5.02. The normalized spacial score (nSPS) is 19.0. The van der Waals surface area contributed by atoms with Gasteiger partial charge in [-0.25, -0.2) is 4.98 Å². The van der Waals surface area contributed by atoms with E-state index in [0.717, 1.165) is 31.6 Å². The van der Waals surface area contributed by atoms with Crippen molar-refractivity contribution in [1.29, 1.82) is 0 Å². The SMILES string of the molecule is Cc1ncsc1-c1ccc(CN2CCCC2C(N)=O)cc1. The Labute approximate surface area is 128 Å². The van der Waals surface area contributed by atoms with Gasteiger partial charge in [0.25, 0.3) is 0 Å². The minimum Gasteiger partial charge on any atom is -0.368 e. The lowest BCUT2D eigenvalue weighted by Crippen LogP contribution is -2.39. The lowest BCUT2D eigenvalue weighted by molar-refractivity contribution is -0.122. The van der Waals surface area contributed by atoms with Gasteiger partial charge in [0.05, 0.1) is 22.1 Å². The molecule has 3 rings (SSSR count). The van der Waals surface area contributed by atoms with Crippen LogP contribution in [0.2, 0.25) is 0 Å². The van der Waals surface area contributed by atoms with E-state index in [1.165, 1.54) is 16.0 Å². The molecule has 2 N–H and O–H groups in total. The summed E-state index contributed by atoms with van der Waals surface area (Å²) in [5, 5.41) is 0. The second-order valence-corrected chi connectivity index (χ2v) is 6.35. The van der Waals surface area contributed by atoms with E-state index in [4.69, 9.17) is 5.73 Å². The fraction of sp³-hybridized carbons (Fsp3) is 0.375. The van der Waals surface area contributed by atoms with Crippen LogP contribution in [0.25, 0.3) is 10.4 Å². The predicted molar refractivity (Wildman–Crippen MR) is 84.9 cm³/mol. The van der Waals surface area contributed by atoms with E-state index in [9.17, 15) is 4.79 Å². The molecule has 1 aliphatic heterocycles. The molecule has 21 heavy (non-hydrogen) atoms. The standard InChI is InChI=1S/C16H19N3OS/c1-11-15(21-10-18-11)13-6-4-12(5-7-13)9-19-8-2-3-14(19)16(17)20/h4-7,10,14H,2-3,8-9H2,1H3,(H2,17,20). The lowest BCUT2D eigenvalue weighted by Gasteiger charge is -2.21. The van der Waals surface area contributed by atoms with Gasteiger partial charge in [0.2, 0.25) is 5.91 Å². The summed E-state index contributed by atoms with van der Waals surface area (Å²) in [6, 6.07) is 8.42. The fourth-order valence-electron chi connectivity index (χ4n) is 2.91. The largest absolute Gasteiger partial charge is 0.368 e. The fourth-order valence-corrected chi connectivity index (χ4v) is 3.72. The van der Waals surface area contributed by atoms with Crippen LogP contribution in [0.1, 0.15) is 24.1 Å². The van der Waals surface area contributed by atoms with E-state index in [1.807, 2.05) is 12.4 Å². The monoisotopic (exact) mass is 301 g/mol. The van der Waals surface area contributed by atoms with Crippen molar-refractivity contribution < 1.29 is 4.79 Å². The number of aryl methyl sites for hydroxylation is 1. The van der Waals surface area contributed by atoms with Crippen LogP contribution >= 0.6 is 11.3 Å². The average molecular weight is 301 g/mol. The number of nitrogens with zero attached hydrogens (tertiary/aromatic N) is 2. The Bertz CT molecular complexity index is 635. The molecule has 0 bridgehead atoms. The number of likely N-dealkylation sites (tertiary alicyclic amines) is 1. The molecule has 5 heteroatoms. The van der Waals surface area contributed by atoms with Gasteiger partial charge in [0.15, 0.2) is 0 Å². The van der Waals surface area contributed by atoms with Gasteiger partial charge in [-0.05, 0) is 37.4 Å². The number of aromatic nitrogens is 1. The van der Waals surface area contributed by atoms with Crippen molar-refractivity contribution in [3.05, 3.63) is 41.0 Å². The second-order valence-electron chi connectivity index (χ2n) is 5.49. The maximum atomic E-state index is 11.4.